The first kappa shape index (κ1) is 21.5. The molecule has 2 heterocycles. The van der Waals surface area contributed by atoms with E-state index in [0.717, 1.165) is 47.5 Å². The summed E-state index contributed by atoms with van der Waals surface area (Å²) in [4.78, 5) is 9.85. The molecule has 4 nitrogen and oxygen atoms in total. The van der Waals surface area contributed by atoms with Gasteiger partial charge in [-0.1, -0.05) is 33.8 Å². The molecule has 0 aliphatic heterocycles. The molecule has 2 aromatic rings. The standard InChI is InChI=1S/C25H34N2O2/c1-15(2)22-10-8-19(25(27-22)29-6)24-18(5)14-21-20(17(4)11-12-28)13-16(3)7-9-23(21)26-24/h8,10,13-17,28H,7,9,11-12H2,1-6H3/t16?,17-/m1/s1. The van der Waals surface area contributed by atoms with Gasteiger partial charge in [-0.05, 0) is 78.8 Å². The Morgan fingerprint density at radius 2 is 1.93 bits per heavy atom. The quantitative estimate of drug-likeness (QED) is 0.696. The van der Waals surface area contributed by atoms with Gasteiger partial charge in [-0.2, -0.15) is 0 Å². The van der Waals surface area contributed by atoms with Gasteiger partial charge in [-0.15, -0.1) is 0 Å². The number of hydrogen-bond donors (Lipinski definition) is 1. The van der Waals surface area contributed by atoms with Crippen LogP contribution in [0.5, 0.6) is 5.88 Å². The van der Waals surface area contributed by atoms with Crippen molar-refractivity contribution in [3.63, 3.8) is 0 Å². The molecule has 0 aromatic carbocycles. The number of ether oxygens (including phenoxy) is 1. The lowest BCUT2D eigenvalue weighted by Crippen LogP contribution is -2.07. The molecule has 1 unspecified atom stereocenters. The molecule has 0 saturated carbocycles. The molecular weight excluding hydrogens is 360 g/mol. The lowest BCUT2D eigenvalue weighted by Gasteiger charge is -2.20. The Hall–Kier alpha value is -2.20. The lowest BCUT2D eigenvalue weighted by atomic mass is 9.88. The molecule has 2 aromatic heterocycles. The maximum absolute atomic E-state index is 9.45. The van der Waals surface area contributed by atoms with Crippen molar-refractivity contribution in [3.8, 4) is 17.1 Å². The average Bonchev–Trinajstić information content (AvgIpc) is 2.86. The number of methoxy groups -OCH3 is 1. The largest absolute Gasteiger partial charge is 0.480 e. The Balaban J connectivity index is 2.11. The van der Waals surface area contributed by atoms with Crippen molar-refractivity contribution in [2.45, 2.75) is 59.8 Å². The van der Waals surface area contributed by atoms with E-state index in [2.05, 4.69) is 58.9 Å². The Kier molecular flexibility index (Phi) is 6.74. The molecular formula is C25H34N2O2. The zero-order chi connectivity index (χ0) is 21.1. The number of allylic oxidation sites excluding steroid dienone is 2. The zero-order valence-corrected chi connectivity index (χ0v) is 18.6. The van der Waals surface area contributed by atoms with Crippen LogP contribution in [0.15, 0.2) is 24.3 Å². The molecule has 3 rings (SSSR count). The highest BCUT2D eigenvalue weighted by atomic mass is 16.5. The molecule has 156 valence electrons. The fraction of sp³-hybridized carbons (Fsp3) is 0.520. The fourth-order valence-corrected chi connectivity index (χ4v) is 4.10. The molecule has 1 aliphatic rings. The molecule has 29 heavy (non-hydrogen) atoms. The summed E-state index contributed by atoms with van der Waals surface area (Å²) in [6.07, 6.45) is 5.19. The Morgan fingerprint density at radius 3 is 2.59 bits per heavy atom. The van der Waals surface area contributed by atoms with Gasteiger partial charge in [-0.3, -0.25) is 4.98 Å². The summed E-state index contributed by atoms with van der Waals surface area (Å²) in [7, 11) is 1.67. The van der Waals surface area contributed by atoms with E-state index in [1.807, 2.05) is 0 Å². The molecule has 0 saturated heterocycles. The number of aromatic nitrogens is 2. The number of aryl methyl sites for hydroxylation is 2. The van der Waals surface area contributed by atoms with Crippen LogP contribution < -0.4 is 4.74 Å². The fourth-order valence-electron chi connectivity index (χ4n) is 4.10. The van der Waals surface area contributed by atoms with Gasteiger partial charge in [-0.25, -0.2) is 4.98 Å². The average molecular weight is 395 g/mol. The van der Waals surface area contributed by atoms with Crippen LogP contribution in [-0.4, -0.2) is 28.8 Å². The van der Waals surface area contributed by atoms with Crippen LogP contribution in [0.1, 0.15) is 69.0 Å². The van der Waals surface area contributed by atoms with Crippen molar-refractivity contribution >= 4 is 5.57 Å². The van der Waals surface area contributed by atoms with E-state index in [1.165, 1.54) is 11.1 Å². The van der Waals surface area contributed by atoms with E-state index in [1.54, 1.807) is 7.11 Å². The molecule has 0 spiro atoms. The number of rotatable bonds is 6. The van der Waals surface area contributed by atoms with Crippen LogP contribution in [0.2, 0.25) is 0 Å². The minimum absolute atomic E-state index is 0.206. The second kappa shape index (κ2) is 9.08. The van der Waals surface area contributed by atoms with E-state index in [-0.39, 0.29) is 6.61 Å². The normalized spacial score (nSPS) is 17.5. The lowest BCUT2D eigenvalue weighted by molar-refractivity contribution is 0.275. The molecule has 0 fully saturated rings. The van der Waals surface area contributed by atoms with Gasteiger partial charge in [0.2, 0.25) is 5.88 Å². The smallest absolute Gasteiger partial charge is 0.222 e. The van der Waals surface area contributed by atoms with Crippen LogP contribution in [-0.2, 0) is 6.42 Å². The van der Waals surface area contributed by atoms with Gasteiger partial charge < -0.3 is 9.84 Å². The van der Waals surface area contributed by atoms with E-state index in [4.69, 9.17) is 14.7 Å². The van der Waals surface area contributed by atoms with Crippen LogP contribution in [0.3, 0.4) is 0 Å². The van der Waals surface area contributed by atoms with Gasteiger partial charge in [0.15, 0.2) is 0 Å². The number of aliphatic hydroxyl groups is 1. The maximum atomic E-state index is 9.45. The number of aliphatic hydroxyl groups excluding tert-OH is 1. The van der Waals surface area contributed by atoms with E-state index in [9.17, 15) is 5.11 Å². The first-order valence-electron chi connectivity index (χ1n) is 10.7. The third-order valence-electron chi connectivity index (χ3n) is 5.92. The molecule has 1 N–H and O–H groups in total. The zero-order valence-electron chi connectivity index (χ0n) is 18.6. The first-order valence-corrected chi connectivity index (χ1v) is 10.7. The molecule has 2 atom stereocenters. The van der Waals surface area contributed by atoms with E-state index >= 15 is 0 Å². The Bertz CT molecular complexity index is 902. The van der Waals surface area contributed by atoms with Gasteiger partial charge >= 0.3 is 0 Å². The van der Waals surface area contributed by atoms with Crippen LogP contribution in [0.25, 0.3) is 16.8 Å². The highest BCUT2D eigenvalue weighted by Gasteiger charge is 2.23. The van der Waals surface area contributed by atoms with E-state index < -0.39 is 0 Å². The summed E-state index contributed by atoms with van der Waals surface area (Å²) >= 11 is 0. The van der Waals surface area contributed by atoms with Gasteiger partial charge in [0.25, 0.3) is 0 Å². The van der Waals surface area contributed by atoms with Gasteiger partial charge in [0, 0.05) is 18.0 Å². The van der Waals surface area contributed by atoms with E-state index in [0.29, 0.717) is 23.6 Å². The highest BCUT2D eigenvalue weighted by Crippen LogP contribution is 2.38. The predicted octanol–water partition coefficient (Wildman–Crippen LogP) is 5.57. The summed E-state index contributed by atoms with van der Waals surface area (Å²) in [6.45, 7) is 11.1. The van der Waals surface area contributed by atoms with Crippen molar-refractivity contribution in [2.24, 2.45) is 11.8 Å². The van der Waals surface area contributed by atoms with Crippen molar-refractivity contribution < 1.29 is 9.84 Å². The maximum Gasteiger partial charge on any atom is 0.222 e. The predicted molar refractivity (Wildman–Crippen MR) is 119 cm³/mol. The summed E-state index contributed by atoms with van der Waals surface area (Å²) in [5, 5.41) is 9.45. The Morgan fingerprint density at radius 1 is 1.17 bits per heavy atom. The second-order valence-electron chi connectivity index (χ2n) is 8.65. The summed E-state index contributed by atoms with van der Waals surface area (Å²) < 4.78 is 5.63. The summed E-state index contributed by atoms with van der Waals surface area (Å²) in [6, 6.07) is 6.44. The third-order valence-corrected chi connectivity index (χ3v) is 5.92. The van der Waals surface area contributed by atoms with Crippen molar-refractivity contribution in [3.05, 3.63) is 46.8 Å². The minimum Gasteiger partial charge on any atom is -0.480 e. The summed E-state index contributed by atoms with van der Waals surface area (Å²) in [5.41, 5.74) is 7.74. The first-order chi connectivity index (χ1) is 13.8. The number of hydrogen-bond acceptors (Lipinski definition) is 4. The Labute approximate surface area is 175 Å². The molecule has 0 bridgehead atoms. The molecule has 1 aliphatic carbocycles. The van der Waals surface area contributed by atoms with Crippen LogP contribution >= 0.6 is 0 Å². The third kappa shape index (κ3) is 4.53. The van der Waals surface area contributed by atoms with Crippen molar-refractivity contribution in [1.82, 2.24) is 9.97 Å². The highest BCUT2D eigenvalue weighted by molar-refractivity contribution is 5.75. The van der Waals surface area contributed by atoms with Crippen molar-refractivity contribution in [2.75, 3.05) is 13.7 Å². The van der Waals surface area contributed by atoms with Gasteiger partial charge in [0.1, 0.15) is 0 Å². The van der Waals surface area contributed by atoms with Crippen molar-refractivity contribution in [1.29, 1.82) is 0 Å². The van der Waals surface area contributed by atoms with Gasteiger partial charge in [0.05, 0.1) is 18.4 Å². The molecule has 0 amide bonds. The van der Waals surface area contributed by atoms with Crippen LogP contribution in [0, 0.1) is 18.8 Å². The summed E-state index contributed by atoms with van der Waals surface area (Å²) in [5.74, 6) is 1.80. The number of nitrogens with zero attached hydrogens (tertiary/aromatic N) is 2. The minimum atomic E-state index is 0.206. The second-order valence-corrected chi connectivity index (χ2v) is 8.65. The molecule has 4 heteroatoms. The number of fused-ring (bicyclic) bond motifs is 1. The monoisotopic (exact) mass is 394 g/mol. The van der Waals surface area contributed by atoms with Crippen LogP contribution in [0.4, 0.5) is 0 Å². The molecule has 0 radical (unpaired) electrons. The topological polar surface area (TPSA) is 55.2 Å². The SMILES string of the molecule is COc1nc(C(C)C)ccc1-c1nc2c(cc1C)C([C@H](C)CCO)=CC(C)CC2. The number of pyridine rings is 2.